The van der Waals surface area contributed by atoms with Crippen LogP contribution in [-0.4, -0.2) is 52.3 Å². The molecule has 4 N–H and O–H groups in total. The quantitative estimate of drug-likeness (QED) is 0.494. The van der Waals surface area contributed by atoms with Crippen molar-refractivity contribution in [2.75, 3.05) is 6.54 Å². The van der Waals surface area contributed by atoms with Crippen LogP contribution in [-0.2, 0) is 19.1 Å². The van der Waals surface area contributed by atoms with Crippen LogP contribution in [0.4, 0.5) is 4.79 Å². The molecule has 0 aliphatic heterocycles. The Balaban J connectivity index is 4.45. The molecule has 21 heavy (non-hydrogen) atoms. The number of rotatable bonds is 6. The van der Waals surface area contributed by atoms with Gasteiger partial charge in [-0.05, 0) is 20.8 Å². The maximum atomic E-state index is 11.4. The molecule has 9 nitrogen and oxygen atoms in total. The second-order valence-corrected chi connectivity index (χ2v) is 4.95. The van der Waals surface area contributed by atoms with Crippen molar-refractivity contribution in [2.45, 2.75) is 32.4 Å². The molecule has 0 radical (unpaired) electrons. The molecule has 118 valence electrons. The topological polar surface area (TPSA) is 142 Å². The highest BCUT2D eigenvalue weighted by atomic mass is 16.6. The number of hydrogen-bond donors (Lipinski definition) is 4. The van der Waals surface area contributed by atoms with Gasteiger partial charge in [0.2, 0.25) is 5.91 Å². The molecular formula is C12H18N2O7. The molecule has 0 spiro atoms. The lowest BCUT2D eigenvalue weighted by molar-refractivity contribution is -0.141. The number of hydrogen-bond acceptors (Lipinski definition) is 5. The van der Waals surface area contributed by atoms with Crippen LogP contribution < -0.4 is 10.6 Å². The van der Waals surface area contributed by atoms with Crippen molar-refractivity contribution in [2.24, 2.45) is 0 Å². The molecular weight excluding hydrogens is 284 g/mol. The molecule has 0 aromatic carbocycles. The van der Waals surface area contributed by atoms with Gasteiger partial charge in [0.1, 0.15) is 11.6 Å². The molecule has 0 aromatic heterocycles. The number of aliphatic carboxylic acids is 2. The van der Waals surface area contributed by atoms with Gasteiger partial charge in [-0.15, -0.1) is 0 Å². The number of carboxylic acids is 2. The summed E-state index contributed by atoms with van der Waals surface area (Å²) in [5, 5.41) is 21.5. The average Bonchev–Trinajstić information content (AvgIpc) is 2.29. The zero-order valence-electron chi connectivity index (χ0n) is 11.9. The van der Waals surface area contributed by atoms with Crippen LogP contribution in [0.2, 0.25) is 0 Å². The predicted octanol–water partition coefficient (Wildman–Crippen LogP) is -0.279. The van der Waals surface area contributed by atoms with Crippen LogP contribution in [0.15, 0.2) is 12.2 Å². The summed E-state index contributed by atoms with van der Waals surface area (Å²) < 4.78 is 4.90. The molecule has 2 amide bonds. The Bertz CT molecular complexity index is 451. The third kappa shape index (κ3) is 9.93. The van der Waals surface area contributed by atoms with Crippen LogP contribution in [0, 0.1) is 0 Å². The van der Waals surface area contributed by atoms with Gasteiger partial charge in [-0.3, -0.25) is 4.79 Å². The van der Waals surface area contributed by atoms with E-state index in [4.69, 9.17) is 14.9 Å². The minimum Gasteiger partial charge on any atom is -0.480 e. The Morgan fingerprint density at radius 1 is 1.14 bits per heavy atom. The van der Waals surface area contributed by atoms with Crippen LogP contribution in [0.1, 0.15) is 20.8 Å². The Morgan fingerprint density at radius 2 is 1.71 bits per heavy atom. The minimum absolute atomic E-state index is 0.406. The highest BCUT2D eigenvalue weighted by molar-refractivity contribution is 5.95. The molecule has 0 aromatic rings. The zero-order valence-corrected chi connectivity index (χ0v) is 11.9. The lowest BCUT2D eigenvalue weighted by atomic mass is 10.2. The number of ether oxygens (including phenoxy) is 1. The summed E-state index contributed by atoms with van der Waals surface area (Å²) in [4.78, 5) is 43.8. The maximum absolute atomic E-state index is 11.4. The highest BCUT2D eigenvalue weighted by Crippen LogP contribution is 2.06. The molecule has 0 aliphatic carbocycles. The van der Waals surface area contributed by atoms with Gasteiger partial charge in [0.25, 0.3) is 0 Å². The number of amides is 2. The molecule has 0 aliphatic rings. The Kier molecular flexibility index (Phi) is 6.91. The van der Waals surface area contributed by atoms with E-state index in [-0.39, 0.29) is 0 Å². The maximum Gasteiger partial charge on any atom is 0.407 e. The first-order valence-corrected chi connectivity index (χ1v) is 5.92. The number of nitrogens with one attached hydrogen (secondary N) is 2. The van der Waals surface area contributed by atoms with E-state index in [1.54, 1.807) is 20.8 Å². The van der Waals surface area contributed by atoms with E-state index in [1.807, 2.05) is 5.32 Å². The van der Waals surface area contributed by atoms with Gasteiger partial charge >= 0.3 is 18.0 Å². The lowest BCUT2D eigenvalue weighted by Crippen LogP contribution is -2.48. The summed E-state index contributed by atoms with van der Waals surface area (Å²) in [7, 11) is 0. The van der Waals surface area contributed by atoms with E-state index in [1.165, 1.54) is 0 Å². The minimum atomic E-state index is -1.41. The Morgan fingerprint density at radius 3 is 2.14 bits per heavy atom. The monoisotopic (exact) mass is 302 g/mol. The summed E-state index contributed by atoms with van der Waals surface area (Å²) in [6, 6.07) is -1.41. The van der Waals surface area contributed by atoms with Crippen molar-refractivity contribution < 1.29 is 34.1 Å². The lowest BCUT2D eigenvalue weighted by Gasteiger charge is -2.21. The predicted molar refractivity (Wildman–Crippen MR) is 70.6 cm³/mol. The molecule has 0 saturated heterocycles. The highest BCUT2D eigenvalue weighted by Gasteiger charge is 2.22. The van der Waals surface area contributed by atoms with E-state index in [9.17, 15) is 19.2 Å². The zero-order chi connectivity index (χ0) is 16.6. The molecule has 1 atom stereocenters. The van der Waals surface area contributed by atoms with Gasteiger partial charge in [0, 0.05) is 12.2 Å². The van der Waals surface area contributed by atoms with Crippen molar-refractivity contribution >= 4 is 23.9 Å². The fourth-order valence-corrected chi connectivity index (χ4v) is 1.07. The number of alkyl carbamates (subject to hydrolysis) is 1. The van der Waals surface area contributed by atoms with Crippen molar-refractivity contribution in [1.82, 2.24) is 10.6 Å². The third-order valence-corrected chi connectivity index (χ3v) is 1.84. The van der Waals surface area contributed by atoms with Crippen molar-refractivity contribution in [3.63, 3.8) is 0 Å². The van der Waals surface area contributed by atoms with E-state index >= 15 is 0 Å². The van der Waals surface area contributed by atoms with Gasteiger partial charge in [-0.1, -0.05) is 0 Å². The van der Waals surface area contributed by atoms with Gasteiger partial charge < -0.3 is 25.6 Å². The normalized spacial score (nSPS) is 12.5. The summed E-state index contributed by atoms with van der Waals surface area (Å²) >= 11 is 0. The van der Waals surface area contributed by atoms with Crippen LogP contribution >= 0.6 is 0 Å². The standard InChI is InChI=1S/C12H18N2O7/c1-12(2,3)21-11(20)13-6-7(10(18)19)14-8(15)4-5-9(16)17/h4-5,7H,6H2,1-3H3,(H,13,20)(H,14,15)(H,16,17)(H,18,19)/b5-4+/t7-/m0/s1. The fourth-order valence-electron chi connectivity index (χ4n) is 1.07. The largest absolute Gasteiger partial charge is 0.480 e. The smallest absolute Gasteiger partial charge is 0.407 e. The van der Waals surface area contributed by atoms with Crippen LogP contribution in [0.3, 0.4) is 0 Å². The van der Waals surface area contributed by atoms with Crippen LogP contribution in [0.5, 0.6) is 0 Å². The Hall–Kier alpha value is -2.58. The molecule has 0 fully saturated rings. The first kappa shape index (κ1) is 18.4. The van der Waals surface area contributed by atoms with E-state index in [0.29, 0.717) is 12.2 Å². The number of carboxylic acid groups (broad SMARTS) is 2. The summed E-state index contributed by atoms with van der Waals surface area (Å²) in [6.07, 6.45) is 0.408. The third-order valence-electron chi connectivity index (χ3n) is 1.84. The second kappa shape index (κ2) is 7.88. The molecule has 0 rings (SSSR count). The molecule has 0 bridgehead atoms. The Labute approximate surface area is 121 Å². The molecule has 0 unspecified atom stereocenters. The van der Waals surface area contributed by atoms with Crippen molar-refractivity contribution in [3.8, 4) is 0 Å². The number of carbonyl (C=O) groups excluding carboxylic acids is 2. The van der Waals surface area contributed by atoms with E-state index in [2.05, 4.69) is 5.32 Å². The average molecular weight is 302 g/mol. The molecule has 9 heteroatoms. The van der Waals surface area contributed by atoms with E-state index < -0.39 is 42.1 Å². The van der Waals surface area contributed by atoms with Gasteiger partial charge in [-0.2, -0.15) is 0 Å². The SMILES string of the molecule is CC(C)(C)OC(=O)NC[C@H](NC(=O)/C=C/C(=O)O)C(=O)O. The first-order valence-electron chi connectivity index (χ1n) is 5.92. The second-order valence-electron chi connectivity index (χ2n) is 4.95. The fraction of sp³-hybridized carbons (Fsp3) is 0.500. The van der Waals surface area contributed by atoms with Crippen LogP contribution in [0.25, 0.3) is 0 Å². The van der Waals surface area contributed by atoms with Crippen molar-refractivity contribution in [1.29, 1.82) is 0 Å². The summed E-state index contributed by atoms with van der Waals surface area (Å²) in [6.45, 7) is 4.51. The van der Waals surface area contributed by atoms with Crippen molar-refractivity contribution in [3.05, 3.63) is 12.2 Å². The van der Waals surface area contributed by atoms with Gasteiger partial charge in [-0.25, -0.2) is 14.4 Å². The summed E-state index contributed by atoms with van der Waals surface area (Å²) in [5.74, 6) is -3.64. The van der Waals surface area contributed by atoms with Gasteiger partial charge in [0.15, 0.2) is 0 Å². The first-order chi connectivity index (χ1) is 9.51. The molecule has 0 saturated carbocycles. The molecule has 0 heterocycles. The summed E-state index contributed by atoms with van der Waals surface area (Å²) in [5.41, 5.74) is -0.740. The number of carbonyl (C=O) groups is 4. The van der Waals surface area contributed by atoms with Gasteiger partial charge in [0.05, 0.1) is 6.54 Å². The van der Waals surface area contributed by atoms with E-state index in [0.717, 1.165) is 0 Å².